The molecule has 1 aliphatic rings. The molecule has 0 spiro atoms. The lowest BCUT2D eigenvalue weighted by Crippen LogP contribution is -2.34. The van der Waals surface area contributed by atoms with E-state index < -0.39 is 24.3 Å². The van der Waals surface area contributed by atoms with Gasteiger partial charge in [0.05, 0.1) is 7.11 Å². The average molecular weight is 546 g/mol. The molecule has 1 amide bonds. The minimum Gasteiger partial charge on any atom is -0.493 e. The van der Waals surface area contributed by atoms with Gasteiger partial charge in [-0.25, -0.2) is 9.18 Å². The number of hydrogen-bond acceptors (Lipinski definition) is 6. The van der Waals surface area contributed by atoms with Crippen molar-refractivity contribution in [2.24, 2.45) is 0 Å². The molecule has 0 saturated carbocycles. The molecule has 3 aromatic rings. The fourth-order valence-corrected chi connectivity index (χ4v) is 4.04. The Hall–Kier alpha value is -3.79. The monoisotopic (exact) mass is 545 g/mol. The first-order chi connectivity index (χ1) is 16.8. The smallest absolute Gasteiger partial charge is 0.339 e. The Balaban J connectivity index is 1.57. The highest BCUT2D eigenvalue weighted by atomic mass is 79.9. The number of fused-ring (bicyclic) bond motifs is 1. The predicted octanol–water partition coefficient (Wildman–Crippen LogP) is 4.63. The zero-order valence-electron chi connectivity index (χ0n) is 18.6. The number of aromatic carboxylic acids is 1. The van der Waals surface area contributed by atoms with Gasteiger partial charge >= 0.3 is 5.97 Å². The van der Waals surface area contributed by atoms with Crippen molar-refractivity contribution in [2.45, 2.75) is 13.1 Å². The molecule has 10 heteroatoms. The van der Waals surface area contributed by atoms with Gasteiger partial charge in [-0.2, -0.15) is 0 Å². The summed E-state index contributed by atoms with van der Waals surface area (Å²) >= 11 is 3.24. The van der Waals surface area contributed by atoms with Gasteiger partial charge in [-0.1, -0.05) is 34.1 Å². The van der Waals surface area contributed by atoms with Crippen molar-refractivity contribution in [1.82, 2.24) is 4.90 Å². The molecule has 8 nitrogen and oxygen atoms in total. The van der Waals surface area contributed by atoms with Gasteiger partial charge < -0.3 is 29.0 Å². The lowest BCUT2D eigenvalue weighted by Gasteiger charge is -2.24. The maximum absolute atomic E-state index is 13.8. The quantitative estimate of drug-likeness (QED) is 0.418. The summed E-state index contributed by atoms with van der Waals surface area (Å²) in [5.41, 5.74) is 1.20. The molecule has 1 aliphatic heterocycles. The maximum atomic E-state index is 13.8. The first-order valence-electron chi connectivity index (χ1n) is 10.5. The summed E-state index contributed by atoms with van der Waals surface area (Å²) in [4.78, 5) is 26.4. The Kier molecular flexibility index (Phi) is 7.40. The number of halogens is 2. The average Bonchev–Trinajstić information content (AvgIpc) is 3.30. The fourth-order valence-electron chi connectivity index (χ4n) is 3.60. The summed E-state index contributed by atoms with van der Waals surface area (Å²) in [5.74, 6) is -0.800. The number of carboxylic acids is 1. The standard InChI is InChI=1S/C25H21BrFNO7/c1-32-22-10-17(26)9-19(25(30)31)24(22)33-13-23(29)28(11-15-3-2-4-18(27)7-15)12-16-5-6-20-21(8-16)35-14-34-20/h2-10H,11-14H2,1H3,(H,30,31). The second-order valence-corrected chi connectivity index (χ2v) is 8.56. The third kappa shape index (κ3) is 5.83. The third-order valence-corrected chi connectivity index (χ3v) is 5.69. The van der Waals surface area contributed by atoms with Crippen molar-refractivity contribution in [2.75, 3.05) is 20.5 Å². The normalized spacial score (nSPS) is 11.7. The molecule has 0 unspecified atom stereocenters. The number of nitrogens with zero attached hydrogens (tertiary/aromatic N) is 1. The van der Waals surface area contributed by atoms with E-state index in [0.29, 0.717) is 21.5 Å². The Bertz CT molecular complexity index is 1270. The van der Waals surface area contributed by atoms with Crippen LogP contribution in [-0.2, 0) is 17.9 Å². The molecule has 0 aliphatic carbocycles. The topological polar surface area (TPSA) is 94.5 Å². The van der Waals surface area contributed by atoms with Crippen LogP contribution in [0.4, 0.5) is 4.39 Å². The molecule has 3 aromatic carbocycles. The summed E-state index contributed by atoms with van der Waals surface area (Å²) in [6.07, 6.45) is 0. The van der Waals surface area contributed by atoms with E-state index in [1.54, 1.807) is 36.4 Å². The van der Waals surface area contributed by atoms with Crippen molar-refractivity contribution in [3.8, 4) is 23.0 Å². The van der Waals surface area contributed by atoms with E-state index in [2.05, 4.69) is 15.9 Å². The number of benzene rings is 3. The molecule has 1 heterocycles. The first kappa shape index (κ1) is 24.3. The van der Waals surface area contributed by atoms with Crippen molar-refractivity contribution < 1.29 is 38.0 Å². The van der Waals surface area contributed by atoms with Crippen LogP contribution in [0.2, 0.25) is 0 Å². The molecule has 0 aromatic heterocycles. The van der Waals surface area contributed by atoms with Crippen LogP contribution in [0.1, 0.15) is 21.5 Å². The van der Waals surface area contributed by atoms with E-state index in [9.17, 15) is 19.1 Å². The molecule has 0 radical (unpaired) electrons. The van der Waals surface area contributed by atoms with Crippen LogP contribution in [0.25, 0.3) is 0 Å². The zero-order valence-corrected chi connectivity index (χ0v) is 20.2. The van der Waals surface area contributed by atoms with Crippen molar-refractivity contribution in [3.05, 3.63) is 81.6 Å². The van der Waals surface area contributed by atoms with Gasteiger partial charge in [0.2, 0.25) is 6.79 Å². The molecule has 0 bridgehead atoms. The largest absolute Gasteiger partial charge is 0.493 e. The summed E-state index contributed by atoms with van der Waals surface area (Å²) in [6, 6.07) is 14.2. The second-order valence-electron chi connectivity index (χ2n) is 7.65. The fraction of sp³-hybridized carbons (Fsp3) is 0.200. The van der Waals surface area contributed by atoms with Crippen LogP contribution in [0.15, 0.2) is 59.1 Å². The van der Waals surface area contributed by atoms with Gasteiger partial charge in [0, 0.05) is 17.6 Å². The Morgan fingerprint density at radius 1 is 1.06 bits per heavy atom. The molecule has 1 N–H and O–H groups in total. The number of rotatable bonds is 9. The third-order valence-electron chi connectivity index (χ3n) is 5.24. The lowest BCUT2D eigenvalue weighted by atomic mass is 10.1. The lowest BCUT2D eigenvalue weighted by molar-refractivity contribution is -0.134. The number of carbonyl (C=O) groups excluding carboxylic acids is 1. The van der Waals surface area contributed by atoms with Crippen molar-refractivity contribution in [1.29, 1.82) is 0 Å². The number of amides is 1. The first-order valence-corrected chi connectivity index (χ1v) is 11.3. The van der Waals surface area contributed by atoms with Gasteiger partial charge in [0.25, 0.3) is 5.91 Å². The Morgan fingerprint density at radius 2 is 1.80 bits per heavy atom. The molecule has 35 heavy (non-hydrogen) atoms. The predicted molar refractivity (Wildman–Crippen MR) is 126 cm³/mol. The number of hydrogen-bond donors (Lipinski definition) is 1. The summed E-state index contributed by atoms with van der Waals surface area (Å²) < 4.78 is 35.9. The van der Waals surface area contributed by atoms with Crippen LogP contribution in [-0.4, -0.2) is 42.4 Å². The molecule has 4 rings (SSSR count). The SMILES string of the molecule is COc1cc(Br)cc(C(=O)O)c1OCC(=O)N(Cc1cccc(F)c1)Cc1ccc2c(c1)OCO2. The van der Waals surface area contributed by atoms with E-state index >= 15 is 0 Å². The maximum Gasteiger partial charge on any atom is 0.339 e. The van der Waals surface area contributed by atoms with Crippen LogP contribution >= 0.6 is 15.9 Å². The summed E-state index contributed by atoms with van der Waals surface area (Å²) in [6.45, 7) is -0.0477. The molecule has 0 atom stereocenters. The van der Waals surface area contributed by atoms with Crippen molar-refractivity contribution in [3.63, 3.8) is 0 Å². The minimum absolute atomic E-state index is 0.0645. The minimum atomic E-state index is -1.23. The molecule has 0 saturated heterocycles. The second kappa shape index (κ2) is 10.6. The van der Waals surface area contributed by atoms with Gasteiger partial charge in [-0.15, -0.1) is 0 Å². The molecular formula is C25H21BrFNO7. The van der Waals surface area contributed by atoms with E-state index in [4.69, 9.17) is 18.9 Å². The van der Waals surface area contributed by atoms with Crippen molar-refractivity contribution >= 4 is 27.8 Å². The van der Waals surface area contributed by atoms with Crippen LogP contribution in [0.3, 0.4) is 0 Å². The molecule has 182 valence electrons. The van der Waals surface area contributed by atoms with E-state index in [-0.39, 0.29) is 36.9 Å². The Labute approximate surface area is 208 Å². The highest BCUT2D eigenvalue weighted by Gasteiger charge is 2.22. The van der Waals surface area contributed by atoms with Gasteiger partial charge in [0.1, 0.15) is 11.4 Å². The van der Waals surface area contributed by atoms with Crippen LogP contribution in [0, 0.1) is 5.82 Å². The zero-order chi connectivity index (χ0) is 24.9. The van der Waals surface area contributed by atoms with E-state index in [1.165, 1.54) is 30.2 Å². The van der Waals surface area contributed by atoms with Gasteiger partial charge in [-0.3, -0.25) is 4.79 Å². The van der Waals surface area contributed by atoms with Gasteiger partial charge in [0.15, 0.2) is 29.6 Å². The van der Waals surface area contributed by atoms with E-state index in [1.807, 2.05) is 0 Å². The van der Waals surface area contributed by atoms with Gasteiger partial charge in [-0.05, 0) is 47.5 Å². The Morgan fingerprint density at radius 3 is 2.51 bits per heavy atom. The summed E-state index contributed by atoms with van der Waals surface area (Å²) in [5, 5.41) is 9.57. The summed E-state index contributed by atoms with van der Waals surface area (Å²) in [7, 11) is 1.37. The van der Waals surface area contributed by atoms with Crippen LogP contribution < -0.4 is 18.9 Å². The van der Waals surface area contributed by atoms with Crippen LogP contribution in [0.5, 0.6) is 23.0 Å². The molecular weight excluding hydrogens is 525 g/mol. The molecule has 0 fully saturated rings. The number of carbonyl (C=O) groups is 2. The highest BCUT2D eigenvalue weighted by Crippen LogP contribution is 2.35. The highest BCUT2D eigenvalue weighted by molar-refractivity contribution is 9.10. The number of methoxy groups -OCH3 is 1. The number of ether oxygens (including phenoxy) is 4. The van der Waals surface area contributed by atoms with E-state index in [0.717, 1.165) is 5.56 Å². The number of carboxylic acid groups (broad SMARTS) is 1.